The van der Waals surface area contributed by atoms with Gasteiger partial charge in [-0.15, -0.1) is 0 Å². The first kappa shape index (κ1) is 16.8. The molecule has 0 fully saturated rings. The van der Waals surface area contributed by atoms with Gasteiger partial charge in [-0.05, 0) is 24.3 Å². The number of nitrogens with one attached hydrogen (secondary N) is 2. The first-order valence-corrected chi connectivity index (χ1v) is 7.00. The molecule has 0 aliphatic carbocycles. The topological polar surface area (TPSA) is 104 Å². The van der Waals surface area contributed by atoms with Gasteiger partial charge >= 0.3 is 5.97 Å². The van der Waals surface area contributed by atoms with Crippen LogP contribution in [0, 0.1) is 11.3 Å². The summed E-state index contributed by atoms with van der Waals surface area (Å²) in [6, 6.07) is 11.8. The predicted molar refractivity (Wildman–Crippen MR) is 85.7 cm³/mol. The maximum Gasteiger partial charge on any atom is 0.339 e. The minimum absolute atomic E-state index is 0.138. The Balaban J connectivity index is 2.07. The molecule has 0 radical (unpaired) electrons. The monoisotopic (exact) mass is 325 g/mol. The maximum atomic E-state index is 12.0. The van der Waals surface area contributed by atoms with Gasteiger partial charge in [0.15, 0.2) is 0 Å². The molecule has 7 heteroatoms. The number of benzene rings is 1. The summed E-state index contributed by atoms with van der Waals surface area (Å²) in [4.78, 5) is 23.7. The Bertz CT molecular complexity index is 788. The molecule has 7 nitrogen and oxygen atoms in total. The number of nitrogens with zero attached hydrogens (tertiary/aromatic N) is 1. The molecule has 0 saturated carbocycles. The molecule has 1 heterocycles. The molecule has 0 spiro atoms. The first-order chi connectivity index (χ1) is 11.7. The molecule has 0 bridgehead atoms. The SMILES string of the molecule is COC(=O)c1ccccc1N/C=C(/C#N)C(=O)NCc1ccco1. The number of hydrogen-bond donors (Lipinski definition) is 2. The second-order valence-electron chi connectivity index (χ2n) is 4.61. The average molecular weight is 325 g/mol. The van der Waals surface area contributed by atoms with Crippen LogP contribution in [-0.4, -0.2) is 19.0 Å². The Hall–Kier alpha value is -3.53. The number of furan rings is 1. The molecule has 0 aliphatic rings. The van der Waals surface area contributed by atoms with Gasteiger partial charge in [0.05, 0.1) is 31.2 Å². The van der Waals surface area contributed by atoms with Crippen LogP contribution in [0.15, 0.2) is 58.9 Å². The van der Waals surface area contributed by atoms with Crippen molar-refractivity contribution in [1.82, 2.24) is 5.32 Å². The van der Waals surface area contributed by atoms with Crippen LogP contribution in [0.25, 0.3) is 0 Å². The van der Waals surface area contributed by atoms with Crippen molar-refractivity contribution in [2.24, 2.45) is 0 Å². The normalized spacial score (nSPS) is 10.6. The van der Waals surface area contributed by atoms with Crippen LogP contribution < -0.4 is 10.6 Å². The number of carbonyl (C=O) groups excluding carboxylic acids is 2. The fraction of sp³-hybridized carbons (Fsp3) is 0.118. The molecule has 2 rings (SSSR count). The van der Waals surface area contributed by atoms with Crippen LogP contribution in [0.2, 0.25) is 0 Å². The Morgan fingerprint density at radius 2 is 2.08 bits per heavy atom. The highest BCUT2D eigenvalue weighted by Gasteiger charge is 2.12. The fourth-order valence-corrected chi connectivity index (χ4v) is 1.87. The van der Waals surface area contributed by atoms with Gasteiger partial charge in [-0.1, -0.05) is 12.1 Å². The van der Waals surface area contributed by atoms with Gasteiger partial charge in [-0.2, -0.15) is 5.26 Å². The first-order valence-electron chi connectivity index (χ1n) is 7.00. The number of rotatable bonds is 6. The van der Waals surface area contributed by atoms with Crippen LogP contribution >= 0.6 is 0 Å². The quantitative estimate of drug-likeness (QED) is 0.479. The summed E-state index contributed by atoms with van der Waals surface area (Å²) in [5.74, 6) is -0.506. The van der Waals surface area contributed by atoms with E-state index in [0.717, 1.165) is 0 Å². The molecule has 24 heavy (non-hydrogen) atoms. The standard InChI is InChI=1S/C17H15N3O4/c1-23-17(22)14-6-2-3-7-15(14)19-10-12(9-18)16(21)20-11-13-5-4-8-24-13/h2-8,10,19H,11H2,1H3,(H,20,21)/b12-10-. The number of ether oxygens (including phenoxy) is 1. The lowest BCUT2D eigenvalue weighted by Gasteiger charge is -2.08. The van der Waals surface area contributed by atoms with Crippen molar-refractivity contribution < 1.29 is 18.7 Å². The van der Waals surface area contributed by atoms with Crippen molar-refractivity contribution in [3.63, 3.8) is 0 Å². The number of para-hydroxylation sites is 1. The van der Waals surface area contributed by atoms with Crippen LogP contribution in [0.4, 0.5) is 5.69 Å². The van der Waals surface area contributed by atoms with E-state index in [9.17, 15) is 9.59 Å². The highest BCUT2D eigenvalue weighted by atomic mass is 16.5. The third-order valence-corrected chi connectivity index (χ3v) is 3.07. The third-order valence-electron chi connectivity index (χ3n) is 3.07. The van der Waals surface area contributed by atoms with Gasteiger partial charge in [-0.25, -0.2) is 4.79 Å². The molecule has 2 aromatic rings. The van der Waals surface area contributed by atoms with E-state index in [-0.39, 0.29) is 12.1 Å². The van der Waals surface area contributed by atoms with Gasteiger partial charge < -0.3 is 19.8 Å². The van der Waals surface area contributed by atoms with Crippen molar-refractivity contribution in [3.05, 3.63) is 65.8 Å². The van der Waals surface area contributed by atoms with E-state index >= 15 is 0 Å². The minimum Gasteiger partial charge on any atom is -0.467 e. The van der Waals surface area contributed by atoms with Crippen LogP contribution in [-0.2, 0) is 16.1 Å². The molecule has 1 amide bonds. The van der Waals surface area contributed by atoms with Crippen molar-refractivity contribution in [2.45, 2.75) is 6.54 Å². The molecule has 0 unspecified atom stereocenters. The summed E-state index contributed by atoms with van der Waals surface area (Å²) in [5, 5.41) is 14.5. The lowest BCUT2D eigenvalue weighted by atomic mass is 10.2. The van der Waals surface area contributed by atoms with Crippen molar-refractivity contribution in [2.75, 3.05) is 12.4 Å². The smallest absolute Gasteiger partial charge is 0.339 e. The number of methoxy groups -OCH3 is 1. The Labute approximate surface area is 138 Å². The lowest BCUT2D eigenvalue weighted by molar-refractivity contribution is -0.117. The summed E-state index contributed by atoms with van der Waals surface area (Å²) < 4.78 is 9.78. The van der Waals surface area contributed by atoms with E-state index in [0.29, 0.717) is 17.0 Å². The van der Waals surface area contributed by atoms with Gasteiger partial charge in [-0.3, -0.25) is 4.79 Å². The van der Waals surface area contributed by atoms with Gasteiger partial charge in [0.25, 0.3) is 5.91 Å². The molecule has 0 atom stereocenters. The molecule has 2 N–H and O–H groups in total. The Morgan fingerprint density at radius 3 is 2.75 bits per heavy atom. The largest absolute Gasteiger partial charge is 0.467 e. The highest BCUT2D eigenvalue weighted by molar-refractivity contribution is 5.98. The molecule has 1 aromatic carbocycles. The molecule has 0 saturated heterocycles. The van der Waals surface area contributed by atoms with Gasteiger partial charge in [0, 0.05) is 6.20 Å². The van der Waals surface area contributed by atoms with Crippen molar-refractivity contribution >= 4 is 17.6 Å². The van der Waals surface area contributed by atoms with E-state index in [1.807, 2.05) is 0 Å². The third kappa shape index (κ3) is 4.24. The summed E-state index contributed by atoms with van der Waals surface area (Å²) >= 11 is 0. The number of carbonyl (C=O) groups is 2. The van der Waals surface area contributed by atoms with E-state index in [1.54, 1.807) is 42.5 Å². The second kappa shape index (κ2) is 8.19. The van der Waals surface area contributed by atoms with Crippen LogP contribution in [0.3, 0.4) is 0 Å². The zero-order valence-electron chi connectivity index (χ0n) is 12.9. The Kier molecular flexibility index (Phi) is 5.75. The van der Waals surface area contributed by atoms with Crippen LogP contribution in [0.5, 0.6) is 0 Å². The molecular weight excluding hydrogens is 310 g/mol. The van der Waals surface area contributed by atoms with Crippen molar-refractivity contribution in [1.29, 1.82) is 5.26 Å². The van der Waals surface area contributed by atoms with Gasteiger partial charge in [0.1, 0.15) is 17.4 Å². The zero-order valence-corrected chi connectivity index (χ0v) is 12.9. The molecule has 1 aromatic heterocycles. The minimum atomic E-state index is -0.558. The molecule has 0 aliphatic heterocycles. The predicted octanol–water partition coefficient (Wildman–Crippen LogP) is 2.20. The van der Waals surface area contributed by atoms with Gasteiger partial charge in [0.2, 0.25) is 0 Å². The summed E-state index contributed by atoms with van der Waals surface area (Å²) in [6.45, 7) is 0.170. The number of anilines is 1. The summed E-state index contributed by atoms with van der Waals surface area (Å²) in [7, 11) is 1.28. The number of amides is 1. The van der Waals surface area contributed by atoms with Crippen molar-refractivity contribution in [3.8, 4) is 6.07 Å². The zero-order chi connectivity index (χ0) is 17.4. The average Bonchev–Trinajstić information content (AvgIpc) is 3.13. The summed E-state index contributed by atoms with van der Waals surface area (Å²) in [6.07, 6.45) is 2.73. The van der Waals surface area contributed by atoms with E-state index in [1.165, 1.54) is 19.6 Å². The number of esters is 1. The van der Waals surface area contributed by atoms with E-state index in [4.69, 9.17) is 9.68 Å². The molecular formula is C17H15N3O4. The lowest BCUT2D eigenvalue weighted by Crippen LogP contribution is -2.24. The van der Waals surface area contributed by atoms with E-state index < -0.39 is 11.9 Å². The maximum absolute atomic E-state index is 12.0. The molecule has 122 valence electrons. The summed E-state index contributed by atoms with van der Waals surface area (Å²) in [5.41, 5.74) is 0.585. The van der Waals surface area contributed by atoms with E-state index in [2.05, 4.69) is 15.4 Å². The fourth-order valence-electron chi connectivity index (χ4n) is 1.87. The highest BCUT2D eigenvalue weighted by Crippen LogP contribution is 2.16. The van der Waals surface area contributed by atoms with Crippen LogP contribution in [0.1, 0.15) is 16.1 Å². The number of nitriles is 1. The second-order valence-corrected chi connectivity index (χ2v) is 4.61. The Morgan fingerprint density at radius 1 is 1.29 bits per heavy atom. The number of hydrogen-bond acceptors (Lipinski definition) is 6.